The van der Waals surface area contributed by atoms with Crippen molar-refractivity contribution in [2.45, 2.75) is 91.1 Å². The van der Waals surface area contributed by atoms with Crippen molar-refractivity contribution in [1.82, 2.24) is 24.7 Å². The Bertz CT molecular complexity index is 3360. The Labute approximate surface area is 480 Å². The van der Waals surface area contributed by atoms with Gasteiger partial charge >= 0.3 is 5.51 Å². The Hall–Kier alpha value is -5.81. The van der Waals surface area contributed by atoms with Gasteiger partial charge in [-0.25, -0.2) is 25.9 Å². The Morgan fingerprint density at radius 3 is 2.15 bits per heavy atom. The summed E-state index contributed by atoms with van der Waals surface area (Å²) in [5, 5.41) is 6.06. The monoisotopic (exact) mass is 1190 g/mol. The highest BCUT2D eigenvalue weighted by Crippen LogP contribution is 2.43. The first kappa shape index (κ1) is 59.8. The molecule has 0 radical (unpaired) electrons. The lowest BCUT2D eigenvalue weighted by Gasteiger charge is -2.39. The van der Waals surface area contributed by atoms with E-state index in [4.69, 9.17) is 11.6 Å². The molecular weight excluding hydrogens is 1130 g/mol. The van der Waals surface area contributed by atoms with Gasteiger partial charge in [0.05, 0.1) is 16.5 Å². The molecule has 1 aliphatic carbocycles. The van der Waals surface area contributed by atoms with Gasteiger partial charge < -0.3 is 15.1 Å². The number of halogens is 5. The quantitative estimate of drug-likeness (QED) is 0.0406. The molecule has 5 aromatic rings. The minimum atomic E-state index is -6.16. The zero-order valence-corrected chi connectivity index (χ0v) is 48.3. The van der Waals surface area contributed by atoms with Gasteiger partial charge in [-0.15, -0.1) is 11.8 Å². The summed E-state index contributed by atoms with van der Waals surface area (Å²) in [6.45, 7) is 11.3. The van der Waals surface area contributed by atoms with E-state index in [9.17, 15) is 44.4 Å². The van der Waals surface area contributed by atoms with E-state index in [0.717, 1.165) is 61.6 Å². The number of hydrogen-bond donors (Lipinski definition) is 3. The highest BCUT2D eigenvalue weighted by atomic mass is 35.5. The molecule has 1 unspecified atom stereocenters. The minimum absolute atomic E-state index is 0.0341. The predicted molar refractivity (Wildman–Crippen MR) is 308 cm³/mol. The molecular formula is C59H66ClF4N7O7S3. The van der Waals surface area contributed by atoms with Crippen molar-refractivity contribution in [3.8, 4) is 0 Å². The third kappa shape index (κ3) is 14.9. The summed E-state index contributed by atoms with van der Waals surface area (Å²) in [6.07, 6.45) is 3.86. The van der Waals surface area contributed by atoms with E-state index in [0.29, 0.717) is 74.5 Å². The number of amides is 3. The number of thioether (sulfide) groups is 1. The van der Waals surface area contributed by atoms with Crippen LogP contribution < -0.4 is 20.3 Å². The molecule has 0 spiro atoms. The van der Waals surface area contributed by atoms with Gasteiger partial charge in [-0.3, -0.25) is 29.5 Å². The molecule has 3 fully saturated rings. The lowest BCUT2D eigenvalue weighted by atomic mass is 9.73. The number of anilines is 2. The van der Waals surface area contributed by atoms with Gasteiger partial charge in [0.2, 0.25) is 11.8 Å². The van der Waals surface area contributed by atoms with Crippen LogP contribution >= 0.6 is 23.4 Å². The van der Waals surface area contributed by atoms with Crippen molar-refractivity contribution < 1.29 is 48.8 Å². The average molecular weight is 1190 g/mol. The average Bonchev–Trinajstić information content (AvgIpc) is 3.43. The lowest BCUT2D eigenvalue weighted by Crippen LogP contribution is -2.47. The third-order valence-corrected chi connectivity index (χ3v) is 20.0. The van der Waals surface area contributed by atoms with Crippen LogP contribution in [-0.2, 0) is 36.0 Å². The number of sulfone groups is 1. The second kappa shape index (κ2) is 25.4. The van der Waals surface area contributed by atoms with E-state index in [1.807, 2.05) is 47.2 Å². The predicted octanol–water partition coefficient (Wildman–Crippen LogP) is 9.98. The topological polar surface area (TPSA) is 169 Å². The molecule has 3 heterocycles. The number of piperazine rings is 2. The van der Waals surface area contributed by atoms with Crippen LogP contribution in [0, 0.1) is 11.2 Å². The molecule has 0 saturated carbocycles. The molecule has 3 amide bonds. The first-order chi connectivity index (χ1) is 38.5. The number of carbonyl (C=O) groups excluding carboxylic acids is 3. The maximum atomic E-state index is 15.4. The van der Waals surface area contributed by atoms with Crippen molar-refractivity contribution in [3.63, 3.8) is 0 Å². The zero-order chi connectivity index (χ0) is 57.7. The summed E-state index contributed by atoms with van der Waals surface area (Å²) >= 11 is 7.61. The van der Waals surface area contributed by atoms with Gasteiger partial charge in [0.15, 0.2) is 0 Å². The largest absolute Gasteiger partial charge is 0.501 e. The van der Waals surface area contributed by atoms with Gasteiger partial charge in [-0.1, -0.05) is 73.5 Å². The van der Waals surface area contributed by atoms with E-state index in [2.05, 4.69) is 56.2 Å². The van der Waals surface area contributed by atoms with Crippen LogP contribution in [0.25, 0.3) is 5.57 Å². The number of nitrogens with one attached hydrogen (secondary N) is 3. The van der Waals surface area contributed by atoms with Gasteiger partial charge in [0.25, 0.3) is 25.8 Å². The molecule has 0 bridgehead atoms. The summed E-state index contributed by atoms with van der Waals surface area (Å²) in [5.74, 6) is -2.71. The summed E-state index contributed by atoms with van der Waals surface area (Å²) in [4.78, 5) is 45.6. The Morgan fingerprint density at radius 1 is 0.802 bits per heavy atom. The van der Waals surface area contributed by atoms with Crippen LogP contribution in [0.5, 0.6) is 0 Å². The fourth-order valence-electron chi connectivity index (χ4n) is 11.1. The van der Waals surface area contributed by atoms with E-state index < -0.39 is 70.4 Å². The third-order valence-electron chi connectivity index (χ3n) is 15.7. The second-order valence-corrected chi connectivity index (χ2v) is 27.1. The lowest BCUT2D eigenvalue weighted by molar-refractivity contribution is -0.134. The molecule has 0 aromatic heterocycles. The number of rotatable bonds is 19. The van der Waals surface area contributed by atoms with Crippen LogP contribution in [0.1, 0.15) is 85.3 Å². The number of carbonyl (C=O) groups is 3. The number of allylic oxidation sites excluding steroid dienone is 1. The van der Waals surface area contributed by atoms with Crippen molar-refractivity contribution in [2.24, 2.45) is 5.41 Å². The number of benzene rings is 5. The van der Waals surface area contributed by atoms with Crippen molar-refractivity contribution in [2.75, 3.05) is 81.4 Å². The fourth-order valence-corrected chi connectivity index (χ4v) is 14.3. The van der Waals surface area contributed by atoms with Crippen molar-refractivity contribution in [3.05, 3.63) is 154 Å². The van der Waals surface area contributed by atoms with Gasteiger partial charge in [0, 0.05) is 117 Å². The molecule has 3 saturated heterocycles. The number of alkyl halides is 3. The molecule has 432 valence electrons. The van der Waals surface area contributed by atoms with Crippen LogP contribution in [-0.4, -0.2) is 132 Å². The highest BCUT2D eigenvalue weighted by molar-refractivity contribution is 7.99. The van der Waals surface area contributed by atoms with E-state index in [1.165, 1.54) is 46.7 Å². The molecule has 3 aliphatic heterocycles. The number of sulfonamides is 1. The van der Waals surface area contributed by atoms with Crippen molar-refractivity contribution in [1.29, 1.82) is 0 Å². The molecule has 2 atom stereocenters. The standard InChI is InChI=1S/C59H66ClF4N7O7S3/c1-58(2)25-23-48(40-11-15-43(60)16-12-40)42(36-58)37-69-31-33-71(34-32-69)45-17-13-41(14-18-45)56(73)67-81(77,78)47-19-21-53(54(35-47)80(75,76)59(62,63)64)65-44(39-79-46-7-4-3-5-8-46)24-26-68-27-29-70(30-28-68)38-51-49(9-6-10-52(51)61)50-20-22-55(72)66-57(50)74/h3-19,21,35,44,50,65H,20,22-34,36-39H2,1-2H3,(H,67,73)(H,66,72,74)/t44-,50?/m1/s1. The van der Waals surface area contributed by atoms with Crippen molar-refractivity contribution >= 4 is 77.9 Å². The molecule has 3 N–H and O–H groups in total. The van der Waals surface area contributed by atoms with Crippen LogP contribution in [0.2, 0.25) is 5.02 Å². The SMILES string of the molecule is CC1(C)CCC(c2ccc(Cl)cc2)=C(CN2CCN(c3ccc(C(=O)NS(=O)(=O)c4ccc(N[C@H](CCN5CCN(Cc6c(F)cccc6C6CCC(=O)NC6=O)CC5)CSc5ccccc5)c(S(=O)(=O)C(F)(F)F)c4)cc3)CC2)C1. The maximum Gasteiger partial charge on any atom is 0.501 e. The smallest absolute Gasteiger partial charge is 0.380 e. The summed E-state index contributed by atoms with van der Waals surface area (Å²) in [7, 11) is -11.1. The number of hydrogen-bond acceptors (Lipinski definition) is 13. The van der Waals surface area contributed by atoms with Gasteiger partial charge in [0.1, 0.15) is 10.7 Å². The molecule has 4 aliphatic rings. The highest BCUT2D eigenvalue weighted by Gasteiger charge is 2.49. The first-order valence-corrected chi connectivity index (χ1v) is 31.4. The first-order valence-electron chi connectivity index (χ1n) is 27.1. The summed E-state index contributed by atoms with van der Waals surface area (Å²) in [6, 6.07) is 29.9. The molecule has 22 heteroatoms. The second-order valence-electron chi connectivity index (χ2n) is 22.0. The van der Waals surface area contributed by atoms with Crippen LogP contribution in [0.4, 0.5) is 28.9 Å². The van der Waals surface area contributed by atoms with E-state index in [1.54, 1.807) is 24.3 Å². The maximum absolute atomic E-state index is 15.4. The fraction of sp³-hybridized carbons (Fsp3) is 0.407. The number of nitrogens with zero attached hydrogens (tertiary/aromatic N) is 4. The van der Waals surface area contributed by atoms with Gasteiger partial charge in [-0.2, -0.15) is 13.2 Å². The van der Waals surface area contributed by atoms with Crippen LogP contribution in [0.3, 0.4) is 0 Å². The molecule has 5 aromatic carbocycles. The molecule has 9 rings (SSSR count). The Kier molecular flexibility index (Phi) is 18.7. The van der Waals surface area contributed by atoms with E-state index in [-0.39, 0.29) is 42.0 Å². The number of imide groups is 1. The minimum Gasteiger partial charge on any atom is -0.380 e. The summed E-state index contributed by atoms with van der Waals surface area (Å²) < 4.78 is 115. The number of piperidine rings is 1. The summed E-state index contributed by atoms with van der Waals surface area (Å²) in [5.41, 5.74) is -0.356. The van der Waals surface area contributed by atoms with E-state index >= 15 is 4.39 Å². The Balaban J connectivity index is 0.843. The molecule has 81 heavy (non-hydrogen) atoms. The zero-order valence-electron chi connectivity index (χ0n) is 45.1. The Morgan fingerprint density at radius 2 is 1.47 bits per heavy atom. The van der Waals surface area contributed by atoms with Gasteiger partial charge in [-0.05, 0) is 127 Å². The molecule has 14 nitrogen and oxygen atoms in total. The van der Waals surface area contributed by atoms with Crippen LogP contribution in [0.15, 0.2) is 136 Å². The normalized spacial score (nSPS) is 19.3.